The van der Waals surface area contributed by atoms with Crippen molar-refractivity contribution in [3.05, 3.63) is 18.3 Å². The molecule has 2 aliphatic rings. The Morgan fingerprint density at radius 3 is 2.90 bits per heavy atom. The van der Waals surface area contributed by atoms with E-state index in [2.05, 4.69) is 34.3 Å². The molecule has 4 heteroatoms. The van der Waals surface area contributed by atoms with Gasteiger partial charge in [-0.2, -0.15) is 0 Å². The molecule has 0 bridgehead atoms. The molecule has 110 valence electrons. The lowest BCUT2D eigenvalue weighted by atomic mass is 10.0. The Hall–Kier alpha value is -1.29. The molecule has 3 heterocycles. The molecule has 4 nitrogen and oxygen atoms in total. The molecule has 2 unspecified atom stereocenters. The Balaban J connectivity index is 1.57. The predicted octanol–water partition coefficient (Wildman–Crippen LogP) is 3.05. The molecule has 2 atom stereocenters. The minimum atomic E-state index is 0.415. The van der Waals surface area contributed by atoms with E-state index in [1.807, 2.05) is 6.20 Å². The number of anilines is 2. The number of nitrogens with zero attached hydrogens (tertiary/aromatic N) is 2. The average molecular weight is 275 g/mol. The highest BCUT2D eigenvalue weighted by molar-refractivity contribution is 5.49. The Labute approximate surface area is 121 Å². The van der Waals surface area contributed by atoms with Gasteiger partial charge in [0.25, 0.3) is 0 Å². The van der Waals surface area contributed by atoms with Crippen molar-refractivity contribution in [3.8, 4) is 0 Å². The van der Waals surface area contributed by atoms with E-state index in [9.17, 15) is 0 Å². The zero-order valence-electron chi connectivity index (χ0n) is 12.3. The maximum Gasteiger partial charge on any atom is 0.128 e. The Morgan fingerprint density at radius 2 is 2.20 bits per heavy atom. The van der Waals surface area contributed by atoms with Crippen LogP contribution in [0, 0.1) is 0 Å². The molecule has 3 rings (SSSR count). The van der Waals surface area contributed by atoms with Crippen molar-refractivity contribution in [1.29, 1.82) is 0 Å². The van der Waals surface area contributed by atoms with Crippen LogP contribution >= 0.6 is 0 Å². The summed E-state index contributed by atoms with van der Waals surface area (Å²) in [6, 6.07) is 4.83. The summed E-state index contributed by atoms with van der Waals surface area (Å²) in [5.41, 5.74) is 1.13. The molecule has 0 radical (unpaired) electrons. The van der Waals surface area contributed by atoms with Gasteiger partial charge in [0.15, 0.2) is 0 Å². The minimum absolute atomic E-state index is 0.415. The summed E-state index contributed by atoms with van der Waals surface area (Å²) < 4.78 is 5.72. The normalized spacial score (nSPS) is 26.8. The third kappa shape index (κ3) is 3.23. The number of rotatable bonds is 4. The van der Waals surface area contributed by atoms with Crippen LogP contribution in [0.25, 0.3) is 0 Å². The van der Waals surface area contributed by atoms with E-state index in [0.717, 1.165) is 50.5 Å². The summed E-state index contributed by atoms with van der Waals surface area (Å²) in [5, 5.41) is 3.60. The maximum atomic E-state index is 5.72. The van der Waals surface area contributed by atoms with Crippen molar-refractivity contribution >= 4 is 11.5 Å². The molecule has 0 saturated carbocycles. The van der Waals surface area contributed by atoms with Crippen LogP contribution in [0.2, 0.25) is 0 Å². The quantitative estimate of drug-likeness (QED) is 0.916. The molecule has 0 aromatic carbocycles. The van der Waals surface area contributed by atoms with Crippen molar-refractivity contribution in [3.63, 3.8) is 0 Å². The first-order chi connectivity index (χ1) is 9.85. The topological polar surface area (TPSA) is 37.4 Å². The van der Waals surface area contributed by atoms with E-state index >= 15 is 0 Å². The molecule has 2 saturated heterocycles. The van der Waals surface area contributed by atoms with Gasteiger partial charge in [0.1, 0.15) is 5.82 Å². The highest BCUT2D eigenvalue weighted by Gasteiger charge is 2.21. The maximum absolute atomic E-state index is 5.72. The number of nitrogens with one attached hydrogen (secondary N) is 1. The van der Waals surface area contributed by atoms with Gasteiger partial charge < -0.3 is 15.0 Å². The summed E-state index contributed by atoms with van der Waals surface area (Å²) in [5.74, 6) is 1.12. The van der Waals surface area contributed by atoms with Crippen LogP contribution in [0.3, 0.4) is 0 Å². The fourth-order valence-electron chi connectivity index (χ4n) is 3.14. The second kappa shape index (κ2) is 6.44. The number of hydrogen-bond donors (Lipinski definition) is 1. The largest absolute Gasteiger partial charge is 0.381 e. The Bertz CT molecular complexity index is 414. The van der Waals surface area contributed by atoms with Crippen LogP contribution in [0.4, 0.5) is 11.5 Å². The van der Waals surface area contributed by atoms with Gasteiger partial charge in [-0.1, -0.05) is 6.92 Å². The lowest BCUT2D eigenvalue weighted by Crippen LogP contribution is -2.33. The van der Waals surface area contributed by atoms with Crippen molar-refractivity contribution in [2.24, 2.45) is 0 Å². The van der Waals surface area contributed by atoms with Crippen molar-refractivity contribution < 1.29 is 4.74 Å². The molecule has 1 N–H and O–H groups in total. The number of ether oxygens (including phenoxy) is 1. The van der Waals surface area contributed by atoms with Gasteiger partial charge in [-0.25, -0.2) is 4.98 Å². The van der Waals surface area contributed by atoms with Crippen LogP contribution in [0.1, 0.15) is 39.0 Å². The second-order valence-corrected chi connectivity index (χ2v) is 5.87. The van der Waals surface area contributed by atoms with Gasteiger partial charge in [0.2, 0.25) is 0 Å². The van der Waals surface area contributed by atoms with E-state index in [1.54, 1.807) is 0 Å². The van der Waals surface area contributed by atoms with Crippen LogP contribution in [0.5, 0.6) is 0 Å². The van der Waals surface area contributed by atoms with Crippen molar-refractivity contribution in [2.75, 3.05) is 29.9 Å². The zero-order chi connectivity index (χ0) is 13.8. The molecular formula is C16H25N3O. The monoisotopic (exact) mass is 275 g/mol. The predicted molar refractivity (Wildman–Crippen MR) is 82.4 cm³/mol. The molecular weight excluding hydrogens is 250 g/mol. The molecule has 0 amide bonds. The molecule has 1 aromatic heterocycles. The molecule has 20 heavy (non-hydrogen) atoms. The van der Waals surface area contributed by atoms with E-state index in [4.69, 9.17) is 4.74 Å². The lowest BCUT2D eigenvalue weighted by Gasteiger charge is -2.30. The molecule has 2 aliphatic heterocycles. The average Bonchev–Trinajstić information content (AvgIpc) is 3.02. The van der Waals surface area contributed by atoms with Gasteiger partial charge in [-0.3, -0.25) is 0 Å². The highest BCUT2D eigenvalue weighted by Crippen LogP contribution is 2.22. The Morgan fingerprint density at radius 1 is 1.35 bits per heavy atom. The zero-order valence-corrected chi connectivity index (χ0v) is 12.3. The third-order valence-electron chi connectivity index (χ3n) is 4.37. The smallest absolute Gasteiger partial charge is 0.128 e. The SMILES string of the molecule is CCC1CC(Nc2ccc(N3CCCC3)nc2)CCO1. The van der Waals surface area contributed by atoms with Gasteiger partial charge in [0.05, 0.1) is 18.0 Å². The first kappa shape index (κ1) is 13.7. The second-order valence-electron chi connectivity index (χ2n) is 5.87. The molecule has 0 spiro atoms. The highest BCUT2D eigenvalue weighted by atomic mass is 16.5. The van der Waals surface area contributed by atoms with Gasteiger partial charge in [0, 0.05) is 25.7 Å². The lowest BCUT2D eigenvalue weighted by molar-refractivity contribution is 0.00925. The van der Waals surface area contributed by atoms with Gasteiger partial charge in [-0.05, 0) is 44.2 Å². The summed E-state index contributed by atoms with van der Waals surface area (Å²) in [6.07, 6.45) is 8.27. The third-order valence-corrected chi connectivity index (χ3v) is 4.37. The number of hydrogen-bond acceptors (Lipinski definition) is 4. The van der Waals surface area contributed by atoms with Crippen LogP contribution in [-0.4, -0.2) is 36.8 Å². The molecule has 0 aliphatic carbocycles. The van der Waals surface area contributed by atoms with Crippen LogP contribution < -0.4 is 10.2 Å². The van der Waals surface area contributed by atoms with Crippen LogP contribution in [-0.2, 0) is 4.74 Å². The summed E-state index contributed by atoms with van der Waals surface area (Å²) in [4.78, 5) is 6.96. The summed E-state index contributed by atoms with van der Waals surface area (Å²) in [7, 11) is 0. The first-order valence-electron chi connectivity index (χ1n) is 7.94. The van der Waals surface area contributed by atoms with E-state index in [-0.39, 0.29) is 0 Å². The minimum Gasteiger partial charge on any atom is -0.381 e. The van der Waals surface area contributed by atoms with E-state index in [0.29, 0.717) is 12.1 Å². The van der Waals surface area contributed by atoms with Crippen LogP contribution in [0.15, 0.2) is 18.3 Å². The van der Waals surface area contributed by atoms with E-state index < -0.39 is 0 Å². The summed E-state index contributed by atoms with van der Waals surface area (Å²) >= 11 is 0. The van der Waals surface area contributed by atoms with Gasteiger partial charge >= 0.3 is 0 Å². The van der Waals surface area contributed by atoms with Gasteiger partial charge in [-0.15, -0.1) is 0 Å². The first-order valence-corrected chi connectivity index (χ1v) is 7.94. The fraction of sp³-hybridized carbons (Fsp3) is 0.688. The Kier molecular flexibility index (Phi) is 4.41. The summed E-state index contributed by atoms with van der Waals surface area (Å²) in [6.45, 7) is 5.37. The molecule has 2 fully saturated rings. The van der Waals surface area contributed by atoms with Crippen molar-refractivity contribution in [1.82, 2.24) is 4.98 Å². The standard InChI is InChI=1S/C16H25N3O/c1-2-15-11-13(7-10-20-15)18-14-5-6-16(17-12-14)19-8-3-4-9-19/h5-6,12-13,15,18H,2-4,7-11H2,1H3. The molecule has 1 aromatic rings. The number of aromatic nitrogens is 1. The van der Waals surface area contributed by atoms with Crippen molar-refractivity contribution in [2.45, 2.75) is 51.2 Å². The fourth-order valence-corrected chi connectivity index (χ4v) is 3.14. The van der Waals surface area contributed by atoms with E-state index in [1.165, 1.54) is 12.8 Å². The number of pyridine rings is 1.